The van der Waals surface area contributed by atoms with Gasteiger partial charge in [0, 0.05) is 28.3 Å². The summed E-state index contributed by atoms with van der Waals surface area (Å²) in [7, 11) is 0. The summed E-state index contributed by atoms with van der Waals surface area (Å²) in [5.74, 6) is -0.491. The summed E-state index contributed by atoms with van der Waals surface area (Å²) in [6, 6.07) is 7.85. The van der Waals surface area contributed by atoms with Crippen LogP contribution in [0.5, 0.6) is 5.75 Å². The first-order valence-corrected chi connectivity index (χ1v) is 6.47. The van der Waals surface area contributed by atoms with Gasteiger partial charge in [0.1, 0.15) is 24.0 Å². The Morgan fingerprint density at radius 1 is 1.15 bits per heavy atom. The molecule has 1 atom stereocenters. The van der Waals surface area contributed by atoms with Gasteiger partial charge < -0.3 is 10.5 Å². The molecule has 5 heteroatoms. The van der Waals surface area contributed by atoms with E-state index in [1.807, 2.05) is 0 Å². The molecule has 2 nitrogen and oxygen atoms in total. The number of nitrogens with two attached hydrogens (primary N) is 1. The lowest BCUT2D eigenvalue weighted by atomic mass is 10.1. The van der Waals surface area contributed by atoms with Crippen molar-refractivity contribution >= 4 is 11.6 Å². The van der Waals surface area contributed by atoms with Crippen molar-refractivity contribution in [3.63, 3.8) is 0 Å². The van der Waals surface area contributed by atoms with E-state index in [2.05, 4.69) is 0 Å². The molecule has 0 fully saturated rings. The monoisotopic (exact) mass is 297 g/mol. The summed E-state index contributed by atoms with van der Waals surface area (Å²) < 4.78 is 32.0. The molecule has 0 amide bonds. The van der Waals surface area contributed by atoms with E-state index >= 15 is 0 Å². The van der Waals surface area contributed by atoms with E-state index in [9.17, 15) is 8.78 Å². The molecule has 0 aliphatic rings. The van der Waals surface area contributed by atoms with E-state index in [-0.39, 0.29) is 12.6 Å². The van der Waals surface area contributed by atoms with E-state index < -0.39 is 11.6 Å². The van der Waals surface area contributed by atoms with Gasteiger partial charge in [-0.15, -0.1) is 0 Å². The molecule has 106 valence electrons. The Balaban J connectivity index is 2.22. The largest absolute Gasteiger partial charge is 0.488 e. The van der Waals surface area contributed by atoms with Crippen LogP contribution >= 0.6 is 11.6 Å². The minimum absolute atomic E-state index is 0.0414. The molecule has 0 bridgehead atoms. The number of ether oxygens (including phenoxy) is 1. The lowest BCUT2D eigenvalue weighted by Gasteiger charge is -2.14. The zero-order chi connectivity index (χ0) is 14.7. The van der Waals surface area contributed by atoms with E-state index in [0.717, 1.165) is 0 Å². The fourth-order valence-electron chi connectivity index (χ4n) is 1.82. The van der Waals surface area contributed by atoms with Crippen molar-refractivity contribution in [1.29, 1.82) is 0 Å². The molecule has 0 saturated carbocycles. The van der Waals surface area contributed by atoms with Crippen LogP contribution in [-0.4, -0.2) is 0 Å². The first-order valence-electron chi connectivity index (χ1n) is 6.09. The van der Waals surface area contributed by atoms with Crippen molar-refractivity contribution in [3.05, 3.63) is 64.2 Å². The fraction of sp³-hybridized carbons (Fsp3) is 0.200. The molecule has 0 saturated heterocycles. The average Bonchev–Trinajstić information content (AvgIpc) is 2.39. The second-order valence-electron chi connectivity index (χ2n) is 4.50. The minimum atomic E-state index is -0.422. The molecule has 0 unspecified atom stereocenters. The number of hydrogen-bond donors (Lipinski definition) is 1. The first-order chi connectivity index (χ1) is 9.47. The Bertz CT molecular complexity index is 617. The third-order valence-corrected chi connectivity index (χ3v) is 3.23. The van der Waals surface area contributed by atoms with Gasteiger partial charge in [0.25, 0.3) is 0 Å². The van der Waals surface area contributed by atoms with Gasteiger partial charge in [-0.05, 0) is 31.2 Å². The molecule has 2 N–H and O–H groups in total. The van der Waals surface area contributed by atoms with Crippen molar-refractivity contribution < 1.29 is 13.5 Å². The van der Waals surface area contributed by atoms with E-state index in [0.29, 0.717) is 21.9 Å². The van der Waals surface area contributed by atoms with Gasteiger partial charge >= 0.3 is 0 Å². The molecule has 0 aromatic heterocycles. The highest BCUT2D eigenvalue weighted by molar-refractivity contribution is 6.31. The van der Waals surface area contributed by atoms with Gasteiger partial charge in [0.2, 0.25) is 0 Å². The molecular formula is C15H14ClF2NO. The summed E-state index contributed by atoms with van der Waals surface area (Å²) in [5, 5.41) is 0.394. The molecule has 0 aliphatic carbocycles. The number of benzene rings is 2. The zero-order valence-corrected chi connectivity index (χ0v) is 11.6. The van der Waals surface area contributed by atoms with Crippen LogP contribution in [0, 0.1) is 11.6 Å². The first kappa shape index (κ1) is 14.8. The van der Waals surface area contributed by atoms with Crippen molar-refractivity contribution in [3.8, 4) is 5.75 Å². The highest BCUT2D eigenvalue weighted by atomic mass is 35.5. The topological polar surface area (TPSA) is 35.2 Å². The molecular weight excluding hydrogens is 284 g/mol. The fourth-order valence-corrected chi connectivity index (χ4v) is 1.99. The molecule has 0 radical (unpaired) electrons. The van der Waals surface area contributed by atoms with Gasteiger partial charge in [-0.2, -0.15) is 0 Å². The predicted octanol–water partition coefficient (Wildman–Crippen LogP) is 4.22. The molecule has 0 heterocycles. The third kappa shape index (κ3) is 3.46. The Labute approximate surface area is 121 Å². The van der Waals surface area contributed by atoms with E-state index in [4.69, 9.17) is 22.1 Å². The van der Waals surface area contributed by atoms with Gasteiger partial charge in [0.05, 0.1) is 0 Å². The SMILES string of the molecule is C[C@@H](N)c1ccc(F)cc1OCc1cc(F)ccc1Cl. The third-order valence-electron chi connectivity index (χ3n) is 2.86. The smallest absolute Gasteiger partial charge is 0.127 e. The maximum Gasteiger partial charge on any atom is 0.127 e. The van der Waals surface area contributed by atoms with Crippen LogP contribution in [0.15, 0.2) is 36.4 Å². The zero-order valence-electron chi connectivity index (χ0n) is 10.9. The molecule has 2 aromatic rings. The van der Waals surface area contributed by atoms with Gasteiger partial charge in [-0.25, -0.2) is 8.78 Å². The van der Waals surface area contributed by atoms with Crippen LogP contribution < -0.4 is 10.5 Å². The van der Waals surface area contributed by atoms with Crippen LogP contribution in [0.2, 0.25) is 5.02 Å². The lowest BCUT2D eigenvalue weighted by molar-refractivity contribution is 0.299. The lowest BCUT2D eigenvalue weighted by Crippen LogP contribution is -2.08. The van der Waals surface area contributed by atoms with E-state index in [1.165, 1.54) is 30.3 Å². The maximum absolute atomic E-state index is 13.3. The second-order valence-corrected chi connectivity index (χ2v) is 4.90. The van der Waals surface area contributed by atoms with Crippen LogP contribution in [0.1, 0.15) is 24.1 Å². The van der Waals surface area contributed by atoms with Gasteiger partial charge in [-0.3, -0.25) is 0 Å². The van der Waals surface area contributed by atoms with Crippen molar-refractivity contribution in [2.24, 2.45) is 5.73 Å². The molecule has 2 aromatic carbocycles. The standard InChI is InChI=1S/C15H14ClF2NO/c1-9(19)13-4-2-12(18)7-15(13)20-8-10-6-11(17)3-5-14(10)16/h2-7,9H,8,19H2,1H3/t9-/m1/s1. The Morgan fingerprint density at radius 3 is 2.50 bits per heavy atom. The summed E-state index contributed by atoms with van der Waals surface area (Å²) in [6.45, 7) is 1.81. The summed E-state index contributed by atoms with van der Waals surface area (Å²) >= 11 is 5.95. The summed E-state index contributed by atoms with van der Waals surface area (Å²) in [4.78, 5) is 0. The van der Waals surface area contributed by atoms with Crippen LogP contribution in [0.4, 0.5) is 8.78 Å². The molecule has 0 spiro atoms. The predicted molar refractivity (Wildman–Crippen MR) is 74.7 cm³/mol. The summed E-state index contributed by atoms with van der Waals surface area (Å²) in [5.41, 5.74) is 6.97. The highest BCUT2D eigenvalue weighted by Crippen LogP contribution is 2.27. The van der Waals surface area contributed by atoms with Gasteiger partial charge in [-0.1, -0.05) is 17.7 Å². The quantitative estimate of drug-likeness (QED) is 0.917. The normalized spacial score (nSPS) is 12.2. The Kier molecular flexibility index (Phi) is 4.57. The summed E-state index contributed by atoms with van der Waals surface area (Å²) in [6.07, 6.45) is 0. The van der Waals surface area contributed by atoms with Gasteiger partial charge in [0.15, 0.2) is 0 Å². The second kappa shape index (κ2) is 6.20. The number of rotatable bonds is 4. The highest BCUT2D eigenvalue weighted by Gasteiger charge is 2.11. The molecule has 2 rings (SSSR count). The molecule has 20 heavy (non-hydrogen) atoms. The Morgan fingerprint density at radius 2 is 1.80 bits per heavy atom. The Hall–Kier alpha value is -1.65. The average molecular weight is 298 g/mol. The van der Waals surface area contributed by atoms with Crippen molar-refractivity contribution in [2.75, 3.05) is 0 Å². The van der Waals surface area contributed by atoms with Crippen LogP contribution in [0.3, 0.4) is 0 Å². The van der Waals surface area contributed by atoms with Crippen molar-refractivity contribution in [1.82, 2.24) is 0 Å². The molecule has 0 aliphatic heterocycles. The number of halogens is 3. The van der Waals surface area contributed by atoms with Crippen LogP contribution in [-0.2, 0) is 6.61 Å². The minimum Gasteiger partial charge on any atom is -0.488 e. The van der Waals surface area contributed by atoms with E-state index in [1.54, 1.807) is 13.0 Å². The van der Waals surface area contributed by atoms with Crippen LogP contribution in [0.25, 0.3) is 0 Å². The number of hydrogen-bond acceptors (Lipinski definition) is 2. The maximum atomic E-state index is 13.3. The van der Waals surface area contributed by atoms with Crippen molar-refractivity contribution in [2.45, 2.75) is 19.6 Å².